The minimum Gasteiger partial charge on any atom is -0.493 e. The van der Waals surface area contributed by atoms with Crippen LogP contribution in [0.4, 0.5) is 0 Å². The van der Waals surface area contributed by atoms with Gasteiger partial charge in [-0.15, -0.1) is 0 Å². The third-order valence-corrected chi connectivity index (χ3v) is 4.34. The maximum atomic E-state index is 12.7. The summed E-state index contributed by atoms with van der Waals surface area (Å²) < 4.78 is 18.2. The smallest absolute Gasteiger partial charge is 0.203 e. The molecular weight excluding hydrogens is 320 g/mol. The highest BCUT2D eigenvalue weighted by molar-refractivity contribution is 6.12. The van der Waals surface area contributed by atoms with E-state index < -0.39 is 0 Å². The zero-order valence-electron chi connectivity index (χ0n) is 15.0. The van der Waals surface area contributed by atoms with Gasteiger partial charge in [0.1, 0.15) is 0 Å². The molecular formula is C19H22N2O4. The van der Waals surface area contributed by atoms with Crippen molar-refractivity contribution in [3.63, 3.8) is 0 Å². The van der Waals surface area contributed by atoms with Gasteiger partial charge in [-0.2, -0.15) is 5.10 Å². The lowest BCUT2D eigenvalue weighted by Crippen LogP contribution is -2.15. The summed E-state index contributed by atoms with van der Waals surface area (Å²) in [6, 6.07) is 3.71. The summed E-state index contributed by atoms with van der Waals surface area (Å²) in [5.41, 5.74) is 3.27. The van der Waals surface area contributed by atoms with Gasteiger partial charge >= 0.3 is 0 Å². The number of aryl methyl sites for hydroxylation is 1. The van der Waals surface area contributed by atoms with Gasteiger partial charge in [-0.25, -0.2) is 0 Å². The number of hydrogen-bond acceptors (Lipinski definition) is 5. The van der Waals surface area contributed by atoms with Crippen molar-refractivity contribution in [1.29, 1.82) is 0 Å². The maximum absolute atomic E-state index is 12.7. The van der Waals surface area contributed by atoms with Crippen molar-refractivity contribution in [1.82, 2.24) is 9.78 Å². The quantitative estimate of drug-likeness (QED) is 0.782. The van der Waals surface area contributed by atoms with Crippen LogP contribution in [0.2, 0.25) is 0 Å². The van der Waals surface area contributed by atoms with Crippen LogP contribution in [0.1, 0.15) is 35.0 Å². The van der Waals surface area contributed by atoms with Crippen molar-refractivity contribution in [2.75, 3.05) is 20.8 Å². The summed E-state index contributed by atoms with van der Waals surface area (Å²) in [6.45, 7) is 2.41. The highest BCUT2D eigenvalue weighted by Gasteiger charge is 2.25. The number of benzene rings is 1. The predicted octanol–water partition coefficient (Wildman–Crippen LogP) is 3.05. The third kappa shape index (κ3) is 3.12. The number of ketones is 1. The van der Waals surface area contributed by atoms with Gasteiger partial charge in [-0.05, 0) is 43.5 Å². The van der Waals surface area contributed by atoms with Gasteiger partial charge in [0.2, 0.25) is 5.75 Å². The first-order valence-corrected chi connectivity index (χ1v) is 8.24. The van der Waals surface area contributed by atoms with Crippen LogP contribution in [0.15, 0.2) is 23.9 Å². The molecule has 3 rings (SSSR count). The summed E-state index contributed by atoms with van der Waals surface area (Å²) in [5, 5.41) is 4.19. The maximum Gasteiger partial charge on any atom is 0.203 e. The number of hydrogen-bond donors (Lipinski definition) is 0. The second-order valence-corrected chi connectivity index (χ2v) is 5.81. The van der Waals surface area contributed by atoms with Crippen LogP contribution in [-0.2, 0) is 13.5 Å². The van der Waals surface area contributed by atoms with E-state index in [1.54, 1.807) is 25.1 Å². The first-order chi connectivity index (χ1) is 12.1. The fourth-order valence-electron chi connectivity index (χ4n) is 3.10. The largest absolute Gasteiger partial charge is 0.493 e. The van der Waals surface area contributed by atoms with Crippen LogP contribution >= 0.6 is 0 Å². The molecule has 25 heavy (non-hydrogen) atoms. The number of Topliss-reactive ketones (excluding diaryl/α,β-unsaturated/α-hetero) is 1. The zero-order chi connectivity index (χ0) is 18.0. The van der Waals surface area contributed by atoms with E-state index in [4.69, 9.17) is 14.2 Å². The van der Waals surface area contributed by atoms with E-state index in [2.05, 4.69) is 5.10 Å². The average molecular weight is 342 g/mol. The highest BCUT2D eigenvalue weighted by Crippen LogP contribution is 2.39. The van der Waals surface area contributed by atoms with Crippen molar-refractivity contribution < 1.29 is 19.0 Å². The lowest BCUT2D eigenvalue weighted by atomic mass is 9.90. The summed E-state index contributed by atoms with van der Waals surface area (Å²) in [7, 11) is 5.03. The number of carbonyl (C=O) groups is 1. The van der Waals surface area contributed by atoms with E-state index in [9.17, 15) is 4.79 Å². The number of rotatable bonds is 5. The van der Waals surface area contributed by atoms with Crippen LogP contribution in [0.25, 0.3) is 6.08 Å². The van der Waals surface area contributed by atoms with E-state index in [1.807, 2.05) is 32.2 Å². The van der Waals surface area contributed by atoms with Crippen LogP contribution in [0.5, 0.6) is 17.2 Å². The van der Waals surface area contributed by atoms with Gasteiger partial charge in [0.15, 0.2) is 17.3 Å². The molecule has 1 heterocycles. The van der Waals surface area contributed by atoms with Gasteiger partial charge in [0, 0.05) is 18.3 Å². The number of nitrogens with zero attached hydrogens (tertiary/aromatic N) is 2. The van der Waals surface area contributed by atoms with Crippen LogP contribution < -0.4 is 14.2 Å². The monoisotopic (exact) mass is 342 g/mol. The molecule has 6 nitrogen and oxygen atoms in total. The van der Waals surface area contributed by atoms with Crippen LogP contribution in [0, 0.1) is 0 Å². The molecule has 6 heteroatoms. The SMILES string of the molecule is CCOc1c(OC)cc(C=C2CCc3c(cnn3C)C2=O)cc1OC. The first-order valence-electron chi connectivity index (χ1n) is 8.24. The molecule has 1 aromatic carbocycles. The number of methoxy groups -OCH3 is 2. The van der Waals surface area contributed by atoms with E-state index in [0.717, 1.165) is 23.3 Å². The Morgan fingerprint density at radius 3 is 2.48 bits per heavy atom. The van der Waals surface area contributed by atoms with E-state index in [-0.39, 0.29) is 5.78 Å². The molecule has 1 aromatic heterocycles. The minimum absolute atomic E-state index is 0.0289. The Hall–Kier alpha value is -2.76. The Morgan fingerprint density at radius 2 is 1.88 bits per heavy atom. The number of ether oxygens (including phenoxy) is 3. The molecule has 0 saturated carbocycles. The molecule has 1 aliphatic rings. The summed E-state index contributed by atoms with van der Waals surface area (Å²) in [6.07, 6.45) is 5.01. The Balaban J connectivity index is 2.00. The molecule has 0 N–H and O–H groups in total. The van der Waals surface area contributed by atoms with Crippen molar-refractivity contribution >= 4 is 11.9 Å². The predicted molar refractivity (Wildman–Crippen MR) is 94.6 cm³/mol. The Morgan fingerprint density at radius 1 is 1.20 bits per heavy atom. The fourth-order valence-corrected chi connectivity index (χ4v) is 3.10. The second-order valence-electron chi connectivity index (χ2n) is 5.81. The van der Waals surface area contributed by atoms with Gasteiger partial charge < -0.3 is 14.2 Å². The molecule has 132 valence electrons. The topological polar surface area (TPSA) is 62.6 Å². The molecule has 0 radical (unpaired) electrons. The molecule has 0 aliphatic heterocycles. The highest BCUT2D eigenvalue weighted by atomic mass is 16.5. The zero-order valence-corrected chi connectivity index (χ0v) is 15.0. The van der Waals surface area contributed by atoms with Crippen molar-refractivity contribution in [3.05, 3.63) is 40.7 Å². The summed E-state index contributed by atoms with van der Waals surface area (Å²) in [4.78, 5) is 12.7. The molecule has 0 bridgehead atoms. The number of aromatic nitrogens is 2. The first kappa shape index (κ1) is 17.1. The molecule has 0 saturated heterocycles. The molecule has 1 aliphatic carbocycles. The Kier molecular flexibility index (Phi) is 4.79. The Labute approximate surface area is 147 Å². The van der Waals surface area contributed by atoms with E-state index in [0.29, 0.717) is 35.8 Å². The molecule has 0 unspecified atom stereocenters. The lowest BCUT2D eigenvalue weighted by molar-refractivity contribution is 0.102. The molecule has 0 atom stereocenters. The molecule has 2 aromatic rings. The van der Waals surface area contributed by atoms with Gasteiger partial charge in [0.25, 0.3) is 0 Å². The fraction of sp³-hybridized carbons (Fsp3) is 0.368. The van der Waals surface area contributed by atoms with Crippen LogP contribution in [0.3, 0.4) is 0 Å². The van der Waals surface area contributed by atoms with Gasteiger partial charge in [-0.3, -0.25) is 9.48 Å². The molecule has 0 fully saturated rings. The van der Waals surface area contributed by atoms with Gasteiger partial charge in [0.05, 0.1) is 32.6 Å². The average Bonchev–Trinajstić information content (AvgIpc) is 3.00. The van der Waals surface area contributed by atoms with Crippen LogP contribution in [-0.4, -0.2) is 36.4 Å². The van der Waals surface area contributed by atoms with Crippen molar-refractivity contribution in [2.45, 2.75) is 19.8 Å². The summed E-state index contributed by atoms with van der Waals surface area (Å²) in [5.74, 6) is 1.76. The summed E-state index contributed by atoms with van der Waals surface area (Å²) >= 11 is 0. The molecule has 0 spiro atoms. The normalized spacial score (nSPS) is 15.2. The number of carbonyl (C=O) groups excluding carboxylic acids is 1. The third-order valence-electron chi connectivity index (χ3n) is 4.34. The standard InChI is InChI=1S/C19H22N2O4/c1-5-25-19-16(23-3)9-12(10-17(19)24-4)8-13-6-7-15-14(18(13)22)11-20-21(15)2/h8-11H,5-7H2,1-4H3. The minimum atomic E-state index is 0.0289. The molecule has 0 amide bonds. The van der Waals surface area contributed by atoms with E-state index in [1.165, 1.54) is 0 Å². The number of allylic oxidation sites excluding steroid dienone is 1. The van der Waals surface area contributed by atoms with Crippen molar-refractivity contribution in [2.24, 2.45) is 7.05 Å². The number of fused-ring (bicyclic) bond motifs is 1. The Bertz CT molecular complexity index is 811. The van der Waals surface area contributed by atoms with Crippen molar-refractivity contribution in [3.8, 4) is 17.2 Å². The van der Waals surface area contributed by atoms with E-state index >= 15 is 0 Å². The van der Waals surface area contributed by atoms with Gasteiger partial charge in [-0.1, -0.05) is 0 Å². The lowest BCUT2D eigenvalue weighted by Gasteiger charge is -2.16. The second kappa shape index (κ2) is 7.01.